The Kier molecular flexibility index (Phi) is 5.52. The van der Waals surface area contributed by atoms with E-state index in [2.05, 4.69) is 0 Å². The van der Waals surface area contributed by atoms with E-state index in [9.17, 15) is 19.8 Å². The minimum Gasteiger partial charge on any atom is -0.501 e. The van der Waals surface area contributed by atoms with Gasteiger partial charge in [-0.1, -0.05) is 24.3 Å². The highest BCUT2D eigenvalue weighted by Gasteiger charge is 2.20. The van der Waals surface area contributed by atoms with Crippen LogP contribution in [0.1, 0.15) is 0 Å². The first-order valence-electron chi connectivity index (χ1n) is 11.8. The molecule has 0 saturated carbocycles. The van der Waals surface area contributed by atoms with E-state index < -0.39 is 22.4 Å². The van der Waals surface area contributed by atoms with Crippen LogP contribution in [0.15, 0.2) is 103 Å². The number of hydrogen-bond donors (Lipinski definition) is 2. The lowest BCUT2D eigenvalue weighted by Crippen LogP contribution is -2.01. The molecule has 0 aliphatic heterocycles. The van der Waals surface area contributed by atoms with Crippen LogP contribution in [0.2, 0.25) is 0 Å². The molecule has 0 saturated heterocycles. The molecule has 0 atom stereocenters. The Balaban J connectivity index is 1.22. The van der Waals surface area contributed by atoms with E-state index in [1.54, 1.807) is 59.9 Å². The normalized spacial score (nSPS) is 11.5. The van der Waals surface area contributed by atoms with Gasteiger partial charge in [0.05, 0.1) is 20.5 Å². The molecule has 190 valence electrons. The summed E-state index contributed by atoms with van der Waals surface area (Å²) in [7, 11) is 0. The van der Waals surface area contributed by atoms with Crippen molar-refractivity contribution in [3.05, 3.63) is 105 Å². The molecule has 7 rings (SSSR count). The number of hydrogen-bond acceptors (Lipinski definition) is 9. The highest BCUT2D eigenvalue weighted by molar-refractivity contribution is 7.27. The van der Waals surface area contributed by atoms with Crippen LogP contribution in [0.4, 0.5) is 0 Å². The van der Waals surface area contributed by atoms with Gasteiger partial charge in [0, 0.05) is 19.5 Å². The first kappa shape index (κ1) is 23.7. The number of benzene rings is 2. The number of rotatable bonds is 4. The highest BCUT2D eigenvalue weighted by Crippen LogP contribution is 2.45. The van der Waals surface area contributed by atoms with Gasteiger partial charge in [0.1, 0.15) is 11.2 Å². The van der Waals surface area contributed by atoms with Crippen molar-refractivity contribution >= 4 is 55.9 Å². The first-order valence-corrected chi connectivity index (χ1v) is 14.2. The van der Waals surface area contributed by atoms with Crippen molar-refractivity contribution in [2.45, 2.75) is 0 Å². The predicted octanol–water partition coefficient (Wildman–Crippen LogP) is 8.16. The van der Waals surface area contributed by atoms with Gasteiger partial charge in [-0.25, -0.2) is 0 Å². The first-order chi connectivity index (χ1) is 19.0. The Labute approximate surface area is 231 Å². The number of aromatic hydroxyl groups is 2. The Morgan fingerprint density at radius 1 is 0.462 bits per heavy atom. The molecule has 5 aromatic heterocycles. The van der Waals surface area contributed by atoms with Gasteiger partial charge in [-0.3, -0.25) is 9.59 Å². The van der Waals surface area contributed by atoms with Crippen molar-refractivity contribution in [2.75, 3.05) is 0 Å². The minimum absolute atomic E-state index is 0.159. The molecular weight excluding hydrogens is 553 g/mol. The van der Waals surface area contributed by atoms with Crippen molar-refractivity contribution in [1.29, 1.82) is 0 Å². The van der Waals surface area contributed by atoms with Gasteiger partial charge in [0.15, 0.2) is 11.5 Å². The fourth-order valence-corrected chi connectivity index (χ4v) is 7.55. The molecule has 39 heavy (non-hydrogen) atoms. The average Bonchev–Trinajstić information content (AvgIpc) is 3.73. The van der Waals surface area contributed by atoms with Crippen LogP contribution in [0.3, 0.4) is 0 Å². The molecule has 0 fully saturated rings. The van der Waals surface area contributed by atoms with Crippen LogP contribution in [0.25, 0.3) is 62.7 Å². The van der Waals surface area contributed by atoms with Gasteiger partial charge in [-0.2, -0.15) is 0 Å². The lowest BCUT2D eigenvalue weighted by molar-refractivity contribution is 0.449. The zero-order chi connectivity index (χ0) is 26.7. The standard InChI is InChI=1S/C30H16O6S3/c31-25-15-5-1-3-7-17(15)35-29(27(25)33)23-13-11-21(38-23)19-9-10-20(37-19)22-12-14-24(39-22)30-28(34)26(32)16-6-2-4-8-18(16)36-30/h1-14,33-34H. The van der Waals surface area contributed by atoms with Crippen molar-refractivity contribution in [1.82, 2.24) is 0 Å². The van der Waals surface area contributed by atoms with Crippen molar-refractivity contribution in [3.8, 4) is 52.3 Å². The summed E-state index contributed by atoms with van der Waals surface area (Å²) < 4.78 is 11.8. The number of para-hydroxylation sites is 2. The largest absolute Gasteiger partial charge is 0.501 e. The van der Waals surface area contributed by atoms with Crippen molar-refractivity contribution < 1.29 is 19.0 Å². The summed E-state index contributed by atoms with van der Waals surface area (Å²) in [6, 6.07) is 25.3. The molecule has 5 heterocycles. The van der Waals surface area contributed by atoms with Crippen LogP contribution in [0.5, 0.6) is 11.5 Å². The van der Waals surface area contributed by atoms with Crippen molar-refractivity contribution in [3.63, 3.8) is 0 Å². The second kappa shape index (κ2) is 9.09. The van der Waals surface area contributed by atoms with E-state index in [1.165, 1.54) is 22.7 Å². The minimum atomic E-state index is -0.456. The van der Waals surface area contributed by atoms with Crippen LogP contribution >= 0.6 is 34.0 Å². The van der Waals surface area contributed by atoms with Gasteiger partial charge in [-0.05, 0) is 60.7 Å². The van der Waals surface area contributed by atoms with Gasteiger partial charge in [0.2, 0.25) is 22.4 Å². The summed E-state index contributed by atoms with van der Waals surface area (Å²) in [6.45, 7) is 0. The lowest BCUT2D eigenvalue weighted by atomic mass is 10.2. The van der Waals surface area contributed by atoms with E-state index in [4.69, 9.17) is 8.83 Å². The van der Waals surface area contributed by atoms with Gasteiger partial charge < -0.3 is 19.0 Å². The molecule has 0 spiro atoms. The monoisotopic (exact) mass is 568 g/mol. The van der Waals surface area contributed by atoms with Crippen molar-refractivity contribution in [2.24, 2.45) is 0 Å². The molecule has 0 aliphatic carbocycles. The summed E-state index contributed by atoms with van der Waals surface area (Å²) in [6.07, 6.45) is 0. The predicted molar refractivity (Wildman–Crippen MR) is 157 cm³/mol. The van der Waals surface area contributed by atoms with Crippen LogP contribution < -0.4 is 10.9 Å². The average molecular weight is 569 g/mol. The molecule has 0 bridgehead atoms. The smallest absolute Gasteiger partial charge is 0.235 e. The molecule has 0 amide bonds. The van der Waals surface area contributed by atoms with E-state index >= 15 is 0 Å². The Morgan fingerprint density at radius 3 is 1.21 bits per heavy atom. The second-order valence-electron chi connectivity index (χ2n) is 8.70. The molecular formula is C30H16O6S3. The third-order valence-electron chi connectivity index (χ3n) is 6.30. The van der Waals surface area contributed by atoms with E-state index in [1.807, 2.05) is 36.4 Å². The van der Waals surface area contributed by atoms with E-state index in [0.717, 1.165) is 19.5 Å². The van der Waals surface area contributed by atoms with Crippen LogP contribution in [0, 0.1) is 0 Å². The summed E-state index contributed by atoms with van der Waals surface area (Å²) >= 11 is 4.44. The summed E-state index contributed by atoms with van der Waals surface area (Å²) in [4.78, 5) is 30.5. The molecule has 0 aliphatic rings. The second-order valence-corrected chi connectivity index (χ2v) is 12.0. The lowest BCUT2D eigenvalue weighted by Gasteiger charge is -2.03. The summed E-state index contributed by atoms with van der Waals surface area (Å²) in [5, 5.41) is 21.7. The van der Waals surface area contributed by atoms with E-state index in [-0.39, 0.29) is 11.5 Å². The van der Waals surface area contributed by atoms with Gasteiger partial charge in [0.25, 0.3) is 0 Å². The third kappa shape index (κ3) is 3.90. The molecule has 2 N–H and O–H groups in total. The summed E-state index contributed by atoms with van der Waals surface area (Å²) in [5.74, 6) is -0.481. The zero-order valence-corrected chi connectivity index (χ0v) is 22.3. The third-order valence-corrected chi connectivity index (χ3v) is 9.94. The molecule has 2 aromatic carbocycles. The maximum Gasteiger partial charge on any atom is 0.235 e. The summed E-state index contributed by atoms with van der Waals surface area (Å²) in [5.41, 5.74) is -0.0696. The Bertz CT molecular complexity index is 2010. The van der Waals surface area contributed by atoms with E-state index in [0.29, 0.717) is 31.7 Å². The number of thiophene rings is 3. The maximum atomic E-state index is 12.6. The van der Waals surface area contributed by atoms with Gasteiger partial charge >= 0.3 is 0 Å². The Hall–Kier alpha value is -4.44. The van der Waals surface area contributed by atoms with Crippen LogP contribution in [-0.4, -0.2) is 10.2 Å². The fourth-order valence-electron chi connectivity index (χ4n) is 4.39. The zero-order valence-electron chi connectivity index (χ0n) is 19.8. The molecule has 0 radical (unpaired) electrons. The van der Waals surface area contributed by atoms with Gasteiger partial charge in [-0.15, -0.1) is 34.0 Å². The molecule has 0 unspecified atom stereocenters. The SMILES string of the molecule is O=c1c(O)c(-c2ccc(-c3ccc(-c4ccc(-c5oc6ccccc6c(=O)c5O)s4)s3)s2)oc2ccccc12. The molecule has 7 aromatic rings. The quantitative estimate of drug-likeness (QED) is 0.222. The van der Waals surface area contributed by atoms with Crippen LogP contribution in [-0.2, 0) is 0 Å². The highest BCUT2D eigenvalue weighted by atomic mass is 32.1. The molecule has 6 nitrogen and oxygen atoms in total. The topological polar surface area (TPSA) is 101 Å². The molecule has 9 heteroatoms. The Morgan fingerprint density at radius 2 is 0.795 bits per heavy atom. The fraction of sp³-hybridized carbons (Fsp3) is 0. The maximum absolute atomic E-state index is 12.6. The number of fused-ring (bicyclic) bond motifs is 2.